The molecule has 1 saturated heterocycles. The summed E-state index contributed by atoms with van der Waals surface area (Å²) >= 11 is 0. The van der Waals surface area contributed by atoms with Crippen LogP contribution in [-0.4, -0.2) is 37.4 Å². The third-order valence-corrected chi connectivity index (χ3v) is 3.56. The molecule has 0 aromatic carbocycles. The Morgan fingerprint density at radius 2 is 2.24 bits per heavy atom. The second-order valence-corrected chi connectivity index (χ2v) is 4.75. The van der Waals surface area contributed by atoms with Gasteiger partial charge in [-0.25, -0.2) is 5.01 Å². The molecule has 2 fully saturated rings. The molecule has 0 aromatic rings. The quantitative estimate of drug-likeness (QED) is 0.759. The zero-order valence-corrected chi connectivity index (χ0v) is 10.9. The average molecular weight is 235 g/mol. The Hall–Kier alpha value is -0.120. The lowest BCUT2D eigenvalue weighted by Crippen LogP contribution is -2.50. The lowest BCUT2D eigenvalue weighted by atomic mass is 9.97. The van der Waals surface area contributed by atoms with Gasteiger partial charge in [-0.15, -0.1) is 0 Å². The van der Waals surface area contributed by atoms with Gasteiger partial charge in [0.25, 0.3) is 0 Å². The van der Waals surface area contributed by atoms with Gasteiger partial charge in [-0.3, -0.25) is 5.43 Å². The third kappa shape index (κ3) is 3.43. The van der Waals surface area contributed by atoms with Crippen molar-refractivity contribution in [2.24, 2.45) is 0 Å². The summed E-state index contributed by atoms with van der Waals surface area (Å²) in [4.78, 5) is 0. The van der Waals surface area contributed by atoms with E-state index in [1.165, 1.54) is 18.8 Å². The van der Waals surface area contributed by atoms with E-state index in [1.807, 2.05) is 0 Å². The Balaban J connectivity index is 1.84. The van der Waals surface area contributed by atoms with Crippen molar-refractivity contribution in [1.29, 1.82) is 0 Å². The van der Waals surface area contributed by atoms with Crippen molar-refractivity contribution in [1.82, 2.24) is 10.4 Å². The molecular weight excluding hydrogens is 212 g/mol. The highest BCUT2D eigenvalue weighted by atomic mass is 16.5. The number of nitrogens with one attached hydrogen (secondary N) is 1. The van der Waals surface area contributed by atoms with Crippen LogP contribution in [-0.2, 0) is 4.74 Å². The van der Waals surface area contributed by atoms with Gasteiger partial charge in [0, 0.05) is 31.7 Å². The van der Waals surface area contributed by atoms with Crippen molar-refractivity contribution in [2.75, 3.05) is 20.3 Å². The lowest BCUT2D eigenvalue weighted by Gasteiger charge is -2.32. The zero-order chi connectivity index (χ0) is 12.1. The van der Waals surface area contributed by atoms with E-state index in [1.54, 1.807) is 7.11 Å². The topological polar surface area (TPSA) is 24.5 Å². The van der Waals surface area contributed by atoms with Gasteiger partial charge in [-0.2, -0.15) is 0 Å². The smallest absolute Gasteiger partial charge is 0.0632 e. The normalized spacial score (nSPS) is 28.9. The number of hydrazine groups is 1. The van der Waals surface area contributed by atoms with E-state index >= 15 is 0 Å². The molecular formula is C14H23N2O. The second kappa shape index (κ2) is 6.72. The van der Waals surface area contributed by atoms with Crippen molar-refractivity contribution >= 4 is 0 Å². The summed E-state index contributed by atoms with van der Waals surface area (Å²) in [6.45, 7) is 4.18. The Labute approximate surface area is 106 Å². The van der Waals surface area contributed by atoms with E-state index in [-0.39, 0.29) is 0 Å². The minimum Gasteiger partial charge on any atom is -0.383 e. The third-order valence-electron chi connectivity index (χ3n) is 3.56. The molecule has 0 unspecified atom stereocenters. The maximum absolute atomic E-state index is 5.28. The molecule has 5 radical (unpaired) electrons. The van der Waals surface area contributed by atoms with Gasteiger partial charge >= 0.3 is 0 Å². The fraction of sp³-hybridized carbons (Fsp3) is 0.643. The van der Waals surface area contributed by atoms with Crippen LogP contribution in [0.15, 0.2) is 0 Å². The summed E-state index contributed by atoms with van der Waals surface area (Å²) in [6, 6.07) is 0.964. The van der Waals surface area contributed by atoms with Crippen LogP contribution < -0.4 is 5.43 Å². The fourth-order valence-electron chi connectivity index (χ4n) is 2.59. The van der Waals surface area contributed by atoms with E-state index in [0.717, 1.165) is 19.6 Å². The van der Waals surface area contributed by atoms with E-state index in [2.05, 4.69) is 43.0 Å². The summed E-state index contributed by atoms with van der Waals surface area (Å²) in [5.74, 6) is 1.38. The van der Waals surface area contributed by atoms with Gasteiger partial charge in [0.05, 0.1) is 6.61 Å². The molecule has 1 aliphatic heterocycles. The zero-order valence-electron chi connectivity index (χ0n) is 10.9. The number of rotatable bonds is 6. The molecule has 0 aromatic heterocycles. The largest absolute Gasteiger partial charge is 0.383 e. The molecule has 0 amide bonds. The van der Waals surface area contributed by atoms with Crippen molar-refractivity contribution in [2.45, 2.75) is 38.3 Å². The van der Waals surface area contributed by atoms with Gasteiger partial charge in [0.15, 0.2) is 0 Å². The molecule has 2 atom stereocenters. The lowest BCUT2D eigenvalue weighted by molar-refractivity contribution is 0.0730. The Bertz CT molecular complexity index is 216. The molecule has 1 saturated carbocycles. The predicted octanol–water partition coefficient (Wildman–Crippen LogP) is 1.79. The van der Waals surface area contributed by atoms with Gasteiger partial charge in [0.2, 0.25) is 0 Å². The Morgan fingerprint density at radius 3 is 2.88 bits per heavy atom. The highest BCUT2D eigenvalue weighted by Crippen LogP contribution is 2.28. The van der Waals surface area contributed by atoms with Crippen molar-refractivity contribution in [3.63, 3.8) is 0 Å². The first-order valence-corrected chi connectivity index (χ1v) is 6.58. The summed E-state index contributed by atoms with van der Waals surface area (Å²) < 4.78 is 5.28. The molecule has 3 heteroatoms. The highest BCUT2D eigenvalue weighted by molar-refractivity contribution is 5.38. The van der Waals surface area contributed by atoms with Crippen LogP contribution in [0.4, 0.5) is 0 Å². The first kappa shape index (κ1) is 13.3. The molecule has 2 rings (SSSR count). The standard InChI is InChI=1S/C14H23N2O/c1-3-14(12-7-4-5-8-12)15-16-10-6-9-13(16)11-17-2/h4-5,7-8,13-15H,3,6,9-11H2,1-2H3/t13-,14+/m0/s1. The predicted molar refractivity (Wildman–Crippen MR) is 69.3 cm³/mol. The van der Waals surface area contributed by atoms with Crippen molar-refractivity contribution in [3.8, 4) is 0 Å². The first-order chi connectivity index (χ1) is 8.35. The highest BCUT2D eigenvalue weighted by Gasteiger charge is 2.30. The fourth-order valence-corrected chi connectivity index (χ4v) is 2.59. The summed E-state index contributed by atoms with van der Waals surface area (Å²) in [5.41, 5.74) is 3.66. The monoisotopic (exact) mass is 235 g/mol. The maximum atomic E-state index is 5.28. The van der Waals surface area contributed by atoms with E-state index < -0.39 is 0 Å². The van der Waals surface area contributed by atoms with E-state index in [4.69, 9.17) is 4.74 Å². The summed E-state index contributed by atoms with van der Waals surface area (Å²) in [5, 5.41) is 2.37. The molecule has 17 heavy (non-hydrogen) atoms. The molecule has 1 aliphatic carbocycles. The van der Waals surface area contributed by atoms with E-state index in [0.29, 0.717) is 12.1 Å². The molecule has 1 heterocycles. The van der Waals surface area contributed by atoms with Crippen LogP contribution in [0.3, 0.4) is 0 Å². The maximum Gasteiger partial charge on any atom is 0.0632 e. The van der Waals surface area contributed by atoms with Crippen LogP contribution in [0.2, 0.25) is 0 Å². The number of nitrogens with zero attached hydrogens (tertiary/aromatic N) is 1. The van der Waals surface area contributed by atoms with Crippen LogP contribution >= 0.6 is 0 Å². The van der Waals surface area contributed by atoms with Crippen LogP contribution in [0.25, 0.3) is 0 Å². The number of hydrogen-bond donors (Lipinski definition) is 1. The minimum absolute atomic E-state index is 0.433. The summed E-state index contributed by atoms with van der Waals surface area (Å²) in [7, 11) is 1.78. The van der Waals surface area contributed by atoms with Gasteiger partial charge in [-0.05, 0) is 44.9 Å². The minimum atomic E-state index is 0.433. The summed E-state index contributed by atoms with van der Waals surface area (Å²) in [6.07, 6.45) is 12.2. The number of hydrogen-bond acceptors (Lipinski definition) is 3. The average Bonchev–Trinajstić information content (AvgIpc) is 2.97. The van der Waals surface area contributed by atoms with Crippen LogP contribution in [0.5, 0.6) is 0 Å². The molecule has 3 nitrogen and oxygen atoms in total. The van der Waals surface area contributed by atoms with Gasteiger partial charge < -0.3 is 4.74 Å². The Morgan fingerprint density at radius 1 is 1.47 bits per heavy atom. The molecule has 2 aliphatic rings. The Kier molecular flexibility index (Phi) is 5.26. The van der Waals surface area contributed by atoms with Crippen molar-refractivity contribution in [3.05, 3.63) is 31.6 Å². The molecule has 0 spiro atoms. The second-order valence-electron chi connectivity index (χ2n) is 4.75. The van der Waals surface area contributed by atoms with Gasteiger partial charge in [0.1, 0.15) is 0 Å². The van der Waals surface area contributed by atoms with E-state index in [9.17, 15) is 0 Å². The number of methoxy groups -OCH3 is 1. The van der Waals surface area contributed by atoms with Crippen LogP contribution in [0.1, 0.15) is 26.2 Å². The molecule has 95 valence electrons. The first-order valence-electron chi connectivity index (χ1n) is 6.58. The van der Waals surface area contributed by atoms with Gasteiger partial charge in [-0.1, -0.05) is 6.92 Å². The molecule has 0 bridgehead atoms. The molecule has 1 N–H and O–H groups in total. The SMILES string of the molecule is CC[C@@H](NN1CCC[C@H]1COC)[C]1[CH][CH][CH][CH]1. The van der Waals surface area contributed by atoms with Crippen LogP contribution in [0, 0.1) is 31.6 Å². The number of ether oxygens (including phenoxy) is 1. The van der Waals surface area contributed by atoms with Crippen molar-refractivity contribution < 1.29 is 4.74 Å².